The van der Waals surface area contributed by atoms with E-state index in [1.54, 1.807) is 20.2 Å². The van der Waals surface area contributed by atoms with E-state index in [0.29, 0.717) is 24.7 Å². The van der Waals surface area contributed by atoms with Gasteiger partial charge in [-0.2, -0.15) is 0 Å². The molecule has 0 spiro atoms. The van der Waals surface area contributed by atoms with Gasteiger partial charge in [-0.1, -0.05) is 12.2 Å². The second-order valence-corrected chi connectivity index (χ2v) is 9.02. The molecule has 0 bridgehead atoms. The van der Waals surface area contributed by atoms with Crippen LogP contribution in [0.3, 0.4) is 0 Å². The molecule has 29 heavy (non-hydrogen) atoms. The number of carbonyl (C=O) groups excluding carboxylic acids is 1. The Hall–Kier alpha value is -1.81. The number of hydrogen-bond acceptors (Lipinski definition) is 8. The number of thioether (sulfide) groups is 1. The highest BCUT2D eigenvalue weighted by molar-refractivity contribution is 8.00. The smallest absolute Gasteiger partial charge is 0.271 e. The number of hydrogen-bond donors (Lipinski definition) is 6. The number of allylic oxidation sites excluding steroid dienone is 1. The molecule has 2 rings (SSSR count). The number of aliphatic hydroxyl groups is 1. The zero-order valence-corrected chi connectivity index (χ0v) is 18.3. The molecule has 0 aliphatic carbocycles. The van der Waals surface area contributed by atoms with Gasteiger partial charge in [-0.3, -0.25) is 9.79 Å². The molecule has 3 atom stereocenters. The molecular formula is C20H34N6O2S. The maximum Gasteiger partial charge on any atom is 0.271 e. The molecule has 1 amide bonds. The molecule has 0 fully saturated rings. The molecule has 2 aliphatic rings. The van der Waals surface area contributed by atoms with Gasteiger partial charge in [-0.05, 0) is 26.7 Å². The van der Waals surface area contributed by atoms with Gasteiger partial charge >= 0.3 is 0 Å². The zero-order valence-electron chi connectivity index (χ0n) is 17.5. The van der Waals surface area contributed by atoms with Crippen molar-refractivity contribution in [3.8, 4) is 0 Å². The number of nitrogens with two attached hydrogens (primary N) is 1. The second-order valence-electron chi connectivity index (χ2n) is 7.44. The number of aliphatic imine (C=N–C) groups is 1. The van der Waals surface area contributed by atoms with E-state index in [-0.39, 0.29) is 18.5 Å². The van der Waals surface area contributed by atoms with E-state index in [1.807, 2.05) is 19.2 Å². The molecule has 0 saturated heterocycles. The standard InChI is InChI=1S/C20H34N6O2S/c1-14-10-15(6-7-24-14)17-4-5-18(26-17)19(27)25-16(11-22-3)12-23-8-9-29-20(2,28)13-21/h5,7,10-11,15,17,22-23,26,28H,4,6,8-9,12-13,21H2,1-3H3,(H,25,27)/b16-11+. The van der Waals surface area contributed by atoms with E-state index < -0.39 is 4.93 Å². The molecule has 162 valence electrons. The first-order chi connectivity index (χ1) is 13.8. The summed E-state index contributed by atoms with van der Waals surface area (Å²) in [7, 11) is 1.79. The van der Waals surface area contributed by atoms with Crippen molar-refractivity contribution < 1.29 is 9.90 Å². The minimum Gasteiger partial charge on any atom is -0.393 e. The fourth-order valence-electron chi connectivity index (χ4n) is 3.17. The minimum absolute atomic E-state index is 0.138. The maximum absolute atomic E-state index is 12.7. The summed E-state index contributed by atoms with van der Waals surface area (Å²) in [6, 6.07) is 0.222. The summed E-state index contributed by atoms with van der Waals surface area (Å²) in [5.74, 6) is 0.935. The van der Waals surface area contributed by atoms with Crippen LogP contribution in [-0.4, -0.2) is 60.6 Å². The predicted molar refractivity (Wildman–Crippen MR) is 120 cm³/mol. The number of carbonyl (C=O) groups is 1. The lowest BCUT2D eigenvalue weighted by atomic mass is 9.93. The predicted octanol–water partition coefficient (Wildman–Crippen LogP) is 0.394. The third-order valence-corrected chi connectivity index (χ3v) is 5.98. The van der Waals surface area contributed by atoms with Crippen molar-refractivity contribution in [2.24, 2.45) is 16.6 Å². The molecule has 0 saturated carbocycles. The Labute approximate surface area is 177 Å². The van der Waals surface area contributed by atoms with Gasteiger partial charge in [0.25, 0.3) is 5.91 Å². The molecule has 0 radical (unpaired) electrons. The van der Waals surface area contributed by atoms with Crippen molar-refractivity contribution >= 4 is 23.9 Å². The molecule has 0 aromatic rings. The average molecular weight is 423 g/mol. The number of rotatable bonds is 11. The largest absolute Gasteiger partial charge is 0.393 e. The monoisotopic (exact) mass is 422 g/mol. The molecule has 0 aromatic carbocycles. The lowest BCUT2D eigenvalue weighted by Gasteiger charge is -2.23. The third kappa shape index (κ3) is 7.85. The fraction of sp³-hybridized carbons (Fsp3) is 0.600. The fourth-order valence-corrected chi connectivity index (χ4v) is 3.97. The van der Waals surface area contributed by atoms with Crippen LogP contribution < -0.4 is 27.0 Å². The van der Waals surface area contributed by atoms with Crippen molar-refractivity contribution in [3.05, 3.63) is 35.4 Å². The van der Waals surface area contributed by atoms with Crippen molar-refractivity contribution in [2.45, 2.75) is 37.7 Å². The quantitative estimate of drug-likeness (QED) is 0.210. The average Bonchev–Trinajstić information content (AvgIpc) is 3.18. The molecule has 2 aliphatic heterocycles. The van der Waals surface area contributed by atoms with E-state index in [2.05, 4.69) is 32.3 Å². The minimum atomic E-state index is -0.908. The van der Waals surface area contributed by atoms with Crippen LogP contribution in [0.4, 0.5) is 0 Å². The van der Waals surface area contributed by atoms with Crippen molar-refractivity contribution in [1.82, 2.24) is 21.3 Å². The Bertz CT molecular complexity index is 686. The van der Waals surface area contributed by atoms with Gasteiger partial charge in [-0.15, -0.1) is 11.8 Å². The van der Waals surface area contributed by atoms with Gasteiger partial charge in [0, 0.05) is 68.2 Å². The molecule has 3 unspecified atom stereocenters. The molecule has 9 heteroatoms. The van der Waals surface area contributed by atoms with Gasteiger partial charge in [0.1, 0.15) is 4.93 Å². The maximum atomic E-state index is 12.7. The van der Waals surface area contributed by atoms with Crippen LogP contribution in [0.2, 0.25) is 0 Å². The van der Waals surface area contributed by atoms with E-state index in [9.17, 15) is 9.90 Å². The Balaban J connectivity index is 1.76. The van der Waals surface area contributed by atoms with Crippen LogP contribution in [0.15, 0.2) is 40.4 Å². The normalized spacial score (nSPS) is 23.7. The second kappa shape index (κ2) is 11.4. The molecule has 7 N–H and O–H groups in total. The molecule has 2 heterocycles. The van der Waals surface area contributed by atoms with Crippen LogP contribution in [0.1, 0.15) is 26.7 Å². The van der Waals surface area contributed by atoms with Gasteiger partial charge in [-0.25, -0.2) is 0 Å². The van der Waals surface area contributed by atoms with Crippen molar-refractivity contribution in [2.75, 3.05) is 32.4 Å². The van der Waals surface area contributed by atoms with Crippen molar-refractivity contribution in [3.63, 3.8) is 0 Å². The topological polar surface area (TPSA) is 124 Å². The van der Waals surface area contributed by atoms with E-state index in [0.717, 1.165) is 30.0 Å². The van der Waals surface area contributed by atoms with Crippen LogP contribution in [0, 0.1) is 5.92 Å². The van der Waals surface area contributed by atoms with E-state index >= 15 is 0 Å². The SMILES string of the molecule is CN/C=C(\CNCCSC(C)(O)CN)NC(=O)C1=CCC(C2C=C(C)N=CC2)N1. The third-order valence-electron chi connectivity index (χ3n) is 4.78. The first kappa shape index (κ1) is 23.5. The lowest BCUT2D eigenvalue weighted by Crippen LogP contribution is -2.38. The van der Waals surface area contributed by atoms with Gasteiger partial charge < -0.3 is 32.1 Å². The molecule has 8 nitrogen and oxygen atoms in total. The van der Waals surface area contributed by atoms with E-state index in [1.165, 1.54) is 11.8 Å². The summed E-state index contributed by atoms with van der Waals surface area (Å²) >= 11 is 1.40. The highest BCUT2D eigenvalue weighted by atomic mass is 32.2. The summed E-state index contributed by atoms with van der Waals surface area (Å²) in [5, 5.41) is 22.4. The van der Waals surface area contributed by atoms with Crippen molar-refractivity contribution in [1.29, 1.82) is 0 Å². The molecule has 0 aromatic heterocycles. The van der Waals surface area contributed by atoms with Crippen LogP contribution >= 0.6 is 11.8 Å². The first-order valence-corrected chi connectivity index (χ1v) is 11.0. The number of nitrogens with one attached hydrogen (secondary N) is 4. The number of nitrogens with zero attached hydrogens (tertiary/aromatic N) is 1. The zero-order chi connectivity index (χ0) is 21.3. The summed E-state index contributed by atoms with van der Waals surface area (Å²) < 4.78 is 0. The van der Waals surface area contributed by atoms with Gasteiger partial charge in [0.05, 0.1) is 5.70 Å². The Morgan fingerprint density at radius 2 is 2.31 bits per heavy atom. The van der Waals surface area contributed by atoms with E-state index in [4.69, 9.17) is 5.73 Å². The summed E-state index contributed by atoms with van der Waals surface area (Å²) in [5.41, 5.74) is 7.90. The Morgan fingerprint density at radius 1 is 1.52 bits per heavy atom. The number of amides is 1. The van der Waals surface area contributed by atoms with Crippen LogP contribution in [0.25, 0.3) is 0 Å². The summed E-state index contributed by atoms with van der Waals surface area (Å²) in [4.78, 5) is 16.0. The first-order valence-electron chi connectivity index (χ1n) is 9.97. The van der Waals surface area contributed by atoms with Gasteiger partial charge in [0.15, 0.2) is 0 Å². The molecular weight excluding hydrogens is 388 g/mol. The lowest BCUT2D eigenvalue weighted by molar-refractivity contribution is -0.117. The Kier molecular flexibility index (Phi) is 9.22. The summed E-state index contributed by atoms with van der Waals surface area (Å²) in [6.07, 6.45) is 9.57. The van der Waals surface area contributed by atoms with Gasteiger partial charge in [0.2, 0.25) is 0 Å². The Morgan fingerprint density at radius 3 is 3.00 bits per heavy atom. The highest BCUT2D eigenvalue weighted by Crippen LogP contribution is 2.24. The van der Waals surface area contributed by atoms with Crippen LogP contribution in [0.5, 0.6) is 0 Å². The summed E-state index contributed by atoms with van der Waals surface area (Å²) in [6.45, 7) is 5.11. The van der Waals surface area contributed by atoms with Crippen LogP contribution in [-0.2, 0) is 4.79 Å². The highest BCUT2D eigenvalue weighted by Gasteiger charge is 2.27.